The Labute approximate surface area is 164 Å². The van der Waals surface area contributed by atoms with Crippen LogP contribution in [0.4, 0.5) is 0 Å². The van der Waals surface area contributed by atoms with Crippen molar-refractivity contribution in [2.75, 3.05) is 39.3 Å². The number of esters is 1. The highest BCUT2D eigenvalue weighted by atomic mass is 16.5. The molecule has 2 heterocycles. The third-order valence-electron chi connectivity index (χ3n) is 5.07. The van der Waals surface area contributed by atoms with Gasteiger partial charge in [0.2, 0.25) is 5.91 Å². The second-order valence-corrected chi connectivity index (χ2v) is 7.18. The fourth-order valence-electron chi connectivity index (χ4n) is 3.49. The lowest BCUT2D eigenvalue weighted by Gasteiger charge is -2.34. The van der Waals surface area contributed by atoms with E-state index in [2.05, 4.69) is 4.98 Å². The molecule has 1 N–H and O–H groups in total. The minimum absolute atomic E-state index is 0.0409. The summed E-state index contributed by atoms with van der Waals surface area (Å²) < 4.78 is 4.96. The molecule has 2 aromatic rings. The number of hydrogen-bond acceptors (Lipinski definition) is 5. The predicted molar refractivity (Wildman–Crippen MR) is 107 cm³/mol. The molecule has 1 fully saturated rings. The monoisotopic (exact) mass is 385 g/mol. The Morgan fingerprint density at radius 3 is 2.61 bits per heavy atom. The lowest BCUT2D eigenvalue weighted by atomic mass is 10.1. The van der Waals surface area contributed by atoms with Gasteiger partial charge in [-0.15, -0.1) is 0 Å². The van der Waals surface area contributed by atoms with E-state index in [0.29, 0.717) is 51.2 Å². The van der Waals surface area contributed by atoms with E-state index >= 15 is 0 Å². The minimum atomic E-state index is -0.229. The molecule has 1 amide bonds. The topological polar surface area (TPSA) is 82.7 Å². The summed E-state index contributed by atoms with van der Waals surface area (Å²) in [5.41, 5.74) is 2.40. The van der Waals surface area contributed by atoms with Crippen LogP contribution in [-0.4, -0.2) is 66.0 Å². The Hall–Kier alpha value is -2.67. The highest BCUT2D eigenvalue weighted by molar-refractivity contribution is 5.80. The number of carbonyl (C=O) groups is 2. The molecule has 0 aliphatic carbocycles. The number of aromatic nitrogens is 1. The van der Waals surface area contributed by atoms with Crippen LogP contribution in [0.25, 0.3) is 10.9 Å². The molecule has 7 nitrogen and oxygen atoms in total. The molecule has 150 valence electrons. The number of benzene rings is 1. The number of H-pyrrole nitrogens is 1. The molecule has 3 rings (SSSR count). The van der Waals surface area contributed by atoms with Gasteiger partial charge in [-0.05, 0) is 43.4 Å². The van der Waals surface area contributed by atoms with Crippen molar-refractivity contribution in [1.29, 1.82) is 0 Å². The van der Waals surface area contributed by atoms with Crippen LogP contribution in [0.2, 0.25) is 0 Å². The average Bonchev–Trinajstić information content (AvgIpc) is 2.67. The number of ether oxygens (including phenoxy) is 1. The van der Waals surface area contributed by atoms with Crippen LogP contribution in [0.5, 0.6) is 0 Å². The van der Waals surface area contributed by atoms with Gasteiger partial charge < -0.3 is 14.6 Å². The first-order valence-corrected chi connectivity index (χ1v) is 9.74. The zero-order valence-corrected chi connectivity index (χ0v) is 16.5. The Bertz CT molecular complexity index is 913. The smallest absolute Gasteiger partial charge is 0.320 e. The van der Waals surface area contributed by atoms with Gasteiger partial charge in [-0.2, -0.15) is 0 Å². The van der Waals surface area contributed by atoms with E-state index in [1.54, 1.807) is 11.8 Å². The molecule has 0 saturated carbocycles. The van der Waals surface area contributed by atoms with Gasteiger partial charge >= 0.3 is 5.97 Å². The number of carbonyl (C=O) groups excluding carboxylic acids is 2. The van der Waals surface area contributed by atoms with Gasteiger partial charge in [-0.3, -0.25) is 19.3 Å². The van der Waals surface area contributed by atoms with Gasteiger partial charge in [0.05, 0.1) is 13.2 Å². The molecule has 0 radical (unpaired) electrons. The number of fused-ring (bicyclic) bond motifs is 1. The van der Waals surface area contributed by atoms with E-state index in [1.807, 2.05) is 36.1 Å². The van der Waals surface area contributed by atoms with E-state index in [4.69, 9.17) is 4.74 Å². The van der Waals surface area contributed by atoms with Crippen molar-refractivity contribution in [1.82, 2.24) is 14.8 Å². The van der Waals surface area contributed by atoms with E-state index in [0.717, 1.165) is 16.5 Å². The maximum atomic E-state index is 12.5. The molecule has 1 aromatic carbocycles. The molecule has 0 atom stereocenters. The fourth-order valence-corrected chi connectivity index (χ4v) is 3.49. The minimum Gasteiger partial charge on any atom is -0.465 e. The molecule has 1 aliphatic heterocycles. The molecular formula is C21H27N3O4. The standard InChI is InChI=1S/C21H27N3O4/c1-3-28-20(26)14-23-8-10-24(11-9-23)19(25)7-6-17-13-16-5-4-15(2)12-18(16)22-21(17)27/h4-5,12-13H,3,6-11,14H2,1-2H3,(H,22,27). The number of pyridine rings is 1. The Morgan fingerprint density at radius 1 is 1.14 bits per heavy atom. The summed E-state index contributed by atoms with van der Waals surface area (Å²) >= 11 is 0. The molecule has 1 aliphatic rings. The second kappa shape index (κ2) is 9.01. The van der Waals surface area contributed by atoms with Crippen molar-refractivity contribution in [3.63, 3.8) is 0 Å². The van der Waals surface area contributed by atoms with Crippen LogP contribution >= 0.6 is 0 Å². The molecule has 1 aromatic heterocycles. The number of aryl methyl sites for hydroxylation is 2. The fraction of sp³-hybridized carbons (Fsp3) is 0.476. The van der Waals surface area contributed by atoms with Crippen LogP contribution in [0, 0.1) is 6.92 Å². The lowest BCUT2D eigenvalue weighted by molar-refractivity contribution is -0.145. The van der Waals surface area contributed by atoms with Crippen molar-refractivity contribution in [3.05, 3.63) is 45.7 Å². The van der Waals surface area contributed by atoms with Gasteiger partial charge in [0.1, 0.15) is 0 Å². The Balaban J connectivity index is 1.53. The summed E-state index contributed by atoms with van der Waals surface area (Å²) in [6.07, 6.45) is 0.722. The van der Waals surface area contributed by atoms with E-state index in [9.17, 15) is 14.4 Å². The normalized spacial score (nSPS) is 15.0. The maximum absolute atomic E-state index is 12.5. The SMILES string of the molecule is CCOC(=O)CN1CCN(C(=O)CCc2cc3ccc(C)cc3[nH]c2=O)CC1. The van der Waals surface area contributed by atoms with Crippen molar-refractivity contribution in [3.8, 4) is 0 Å². The third-order valence-corrected chi connectivity index (χ3v) is 5.07. The Kier molecular flexibility index (Phi) is 6.46. The molecule has 28 heavy (non-hydrogen) atoms. The quantitative estimate of drug-likeness (QED) is 0.762. The van der Waals surface area contributed by atoms with Gasteiger partial charge in [-0.1, -0.05) is 12.1 Å². The van der Waals surface area contributed by atoms with Crippen LogP contribution in [0.3, 0.4) is 0 Å². The van der Waals surface area contributed by atoms with Gasteiger partial charge in [-0.25, -0.2) is 0 Å². The van der Waals surface area contributed by atoms with Crippen LogP contribution in [0.1, 0.15) is 24.5 Å². The highest BCUT2D eigenvalue weighted by Gasteiger charge is 2.22. The summed E-state index contributed by atoms with van der Waals surface area (Å²) in [5.74, 6) is -0.188. The molecule has 1 saturated heterocycles. The predicted octanol–water partition coefficient (Wildman–Crippen LogP) is 1.48. The first-order chi connectivity index (χ1) is 13.5. The zero-order chi connectivity index (χ0) is 20.1. The summed E-state index contributed by atoms with van der Waals surface area (Å²) in [5, 5.41) is 0.972. The maximum Gasteiger partial charge on any atom is 0.320 e. The number of nitrogens with one attached hydrogen (secondary N) is 1. The summed E-state index contributed by atoms with van der Waals surface area (Å²) in [7, 11) is 0. The highest BCUT2D eigenvalue weighted by Crippen LogP contribution is 2.14. The van der Waals surface area contributed by atoms with Crippen LogP contribution < -0.4 is 5.56 Å². The number of hydrogen-bond donors (Lipinski definition) is 1. The first-order valence-electron chi connectivity index (χ1n) is 9.74. The number of rotatable bonds is 6. The molecule has 7 heteroatoms. The number of piperazine rings is 1. The largest absolute Gasteiger partial charge is 0.465 e. The third kappa shape index (κ3) is 4.98. The lowest BCUT2D eigenvalue weighted by Crippen LogP contribution is -2.50. The summed E-state index contributed by atoms with van der Waals surface area (Å²) in [4.78, 5) is 43.1. The number of amides is 1. The number of nitrogens with zero attached hydrogens (tertiary/aromatic N) is 2. The second-order valence-electron chi connectivity index (χ2n) is 7.18. The van der Waals surface area contributed by atoms with E-state index in [1.165, 1.54) is 0 Å². The molecule has 0 bridgehead atoms. The van der Waals surface area contributed by atoms with E-state index in [-0.39, 0.29) is 24.0 Å². The van der Waals surface area contributed by atoms with Crippen LogP contribution in [-0.2, 0) is 20.7 Å². The van der Waals surface area contributed by atoms with E-state index < -0.39 is 0 Å². The van der Waals surface area contributed by atoms with Gasteiger partial charge in [0, 0.05) is 43.7 Å². The zero-order valence-electron chi connectivity index (χ0n) is 16.5. The molecule has 0 spiro atoms. The van der Waals surface area contributed by atoms with Crippen molar-refractivity contribution < 1.29 is 14.3 Å². The molecular weight excluding hydrogens is 358 g/mol. The first kappa shape index (κ1) is 20.1. The van der Waals surface area contributed by atoms with Crippen molar-refractivity contribution in [2.45, 2.75) is 26.7 Å². The molecule has 0 unspecified atom stereocenters. The Morgan fingerprint density at radius 2 is 1.89 bits per heavy atom. The van der Waals surface area contributed by atoms with Crippen molar-refractivity contribution >= 4 is 22.8 Å². The van der Waals surface area contributed by atoms with Crippen molar-refractivity contribution in [2.24, 2.45) is 0 Å². The van der Waals surface area contributed by atoms with Crippen LogP contribution in [0.15, 0.2) is 29.1 Å². The van der Waals surface area contributed by atoms with Gasteiger partial charge in [0.25, 0.3) is 5.56 Å². The van der Waals surface area contributed by atoms with Gasteiger partial charge in [0.15, 0.2) is 0 Å². The summed E-state index contributed by atoms with van der Waals surface area (Å²) in [6.45, 7) is 6.90. The average molecular weight is 385 g/mol. The summed E-state index contributed by atoms with van der Waals surface area (Å²) in [6, 6.07) is 7.81. The number of aromatic amines is 1.